The van der Waals surface area contributed by atoms with E-state index < -0.39 is 17.7 Å². The first-order valence-electron chi connectivity index (χ1n) is 10.8. The van der Waals surface area contributed by atoms with Gasteiger partial charge in [0.15, 0.2) is 0 Å². The van der Waals surface area contributed by atoms with Gasteiger partial charge in [0.1, 0.15) is 23.9 Å². The number of hydrogen-bond acceptors (Lipinski definition) is 6. The molecule has 1 heterocycles. The first-order valence-corrected chi connectivity index (χ1v) is 10.8. The fourth-order valence-electron chi connectivity index (χ4n) is 3.84. The van der Waals surface area contributed by atoms with Crippen molar-refractivity contribution < 1.29 is 24.2 Å². The van der Waals surface area contributed by atoms with Crippen molar-refractivity contribution in [2.75, 3.05) is 40.9 Å². The summed E-state index contributed by atoms with van der Waals surface area (Å²) in [6.45, 7) is 5.16. The van der Waals surface area contributed by atoms with Gasteiger partial charge >= 0.3 is 0 Å². The summed E-state index contributed by atoms with van der Waals surface area (Å²) in [5.74, 6) is -0.345. The molecule has 1 unspecified atom stereocenters. The Balaban J connectivity index is 2.06. The van der Waals surface area contributed by atoms with Gasteiger partial charge in [0.25, 0.3) is 11.7 Å². The lowest BCUT2D eigenvalue weighted by Gasteiger charge is -2.26. The predicted octanol–water partition coefficient (Wildman–Crippen LogP) is 3.63. The van der Waals surface area contributed by atoms with E-state index in [4.69, 9.17) is 9.47 Å². The highest BCUT2D eigenvalue weighted by molar-refractivity contribution is 6.46. The number of carbonyl (C=O) groups excluding carboxylic acids is 2. The van der Waals surface area contributed by atoms with Gasteiger partial charge in [-0.1, -0.05) is 36.9 Å². The van der Waals surface area contributed by atoms with Crippen LogP contribution < -0.4 is 9.47 Å². The summed E-state index contributed by atoms with van der Waals surface area (Å²) in [5.41, 5.74) is 1.20. The van der Waals surface area contributed by atoms with Gasteiger partial charge in [-0.05, 0) is 56.9 Å². The average molecular weight is 451 g/mol. The molecule has 1 N–H and O–H groups in total. The summed E-state index contributed by atoms with van der Waals surface area (Å²) in [5, 5.41) is 11.1. The van der Waals surface area contributed by atoms with Crippen molar-refractivity contribution in [2.24, 2.45) is 0 Å². The van der Waals surface area contributed by atoms with Crippen molar-refractivity contribution in [1.29, 1.82) is 0 Å². The van der Waals surface area contributed by atoms with Gasteiger partial charge in [-0.2, -0.15) is 0 Å². The fourth-order valence-corrected chi connectivity index (χ4v) is 3.84. The molecule has 7 heteroatoms. The van der Waals surface area contributed by atoms with Crippen LogP contribution in [0.2, 0.25) is 0 Å². The Kier molecular flexibility index (Phi) is 7.90. The second kappa shape index (κ2) is 10.8. The molecular weight excluding hydrogens is 420 g/mol. The molecule has 1 atom stereocenters. The van der Waals surface area contributed by atoms with E-state index in [1.54, 1.807) is 42.5 Å². The molecule has 0 aliphatic carbocycles. The molecule has 2 aromatic rings. The van der Waals surface area contributed by atoms with Crippen molar-refractivity contribution in [2.45, 2.75) is 12.5 Å². The van der Waals surface area contributed by atoms with Crippen molar-refractivity contribution in [3.63, 3.8) is 0 Å². The smallest absolute Gasteiger partial charge is 0.295 e. The number of methoxy groups -OCH3 is 1. The molecular formula is C26H30N2O5. The third kappa shape index (κ3) is 5.43. The van der Waals surface area contributed by atoms with Gasteiger partial charge in [-0.15, -0.1) is 0 Å². The van der Waals surface area contributed by atoms with Crippen LogP contribution in [-0.2, 0) is 9.59 Å². The number of Topliss-reactive ketones (excluding diaryl/α,β-unsaturated/α-hetero) is 1. The maximum Gasteiger partial charge on any atom is 0.295 e. The molecule has 0 saturated carbocycles. The first kappa shape index (κ1) is 24.1. The number of ether oxygens (including phenoxy) is 2. The minimum absolute atomic E-state index is 0.0675. The molecule has 33 heavy (non-hydrogen) atoms. The first-order chi connectivity index (χ1) is 15.9. The Bertz CT molecular complexity index is 1040. The zero-order valence-electron chi connectivity index (χ0n) is 19.3. The molecule has 0 aromatic heterocycles. The lowest BCUT2D eigenvalue weighted by Crippen LogP contribution is -2.32. The van der Waals surface area contributed by atoms with E-state index in [9.17, 15) is 14.7 Å². The summed E-state index contributed by atoms with van der Waals surface area (Å²) in [4.78, 5) is 29.6. The summed E-state index contributed by atoms with van der Waals surface area (Å²) in [6.07, 6.45) is 2.35. The van der Waals surface area contributed by atoms with Gasteiger partial charge < -0.3 is 24.4 Å². The van der Waals surface area contributed by atoms with Crippen molar-refractivity contribution in [1.82, 2.24) is 9.80 Å². The van der Waals surface area contributed by atoms with E-state index in [2.05, 4.69) is 6.58 Å². The Morgan fingerprint density at radius 1 is 1.15 bits per heavy atom. The number of likely N-dealkylation sites (tertiary alicyclic amines) is 1. The van der Waals surface area contributed by atoms with Crippen LogP contribution in [0, 0.1) is 0 Å². The molecule has 0 bridgehead atoms. The third-order valence-corrected chi connectivity index (χ3v) is 5.45. The van der Waals surface area contributed by atoms with Crippen LogP contribution in [0.15, 0.2) is 66.8 Å². The zero-order valence-corrected chi connectivity index (χ0v) is 19.3. The molecule has 1 fully saturated rings. The topological polar surface area (TPSA) is 79.3 Å². The van der Waals surface area contributed by atoms with Gasteiger partial charge in [0, 0.05) is 12.1 Å². The second-order valence-corrected chi connectivity index (χ2v) is 8.05. The van der Waals surface area contributed by atoms with Crippen LogP contribution >= 0.6 is 0 Å². The summed E-state index contributed by atoms with van der Waals surface area (Å²) < 4.78 is 10.8. The number of nitrogens with zero attached hydrogens (tertiary/aromatic N) is 2. The van der Waals surface area contributed by atoms with Crippen molar-refractivity contribution in [3.05, 3.63) is 77.9 Å². The van der Waals surface area contributed by atoms with Crippen molar-refractivity contribution in [3.8, 4) is 11.5 Å². The van der Waals surface area contributed by atoms with Crippen LogP contribution in [0.4, 0.5) is 0 Å². The minimum Gasteiger partial charge on any atom is -0.507 e. The lowest BCUT2D eigenvalue weighted by atomic mass is 9.95. The monoisotopic (exact) mass is 450 g/mol. The zero-order chi connectivity index (χ0) is 24.0. The molecule has 2 aromatic carbocycles. The maximum atomic E-state index is 13.1. The quantitative estimate of drug-likeness (QED) is 0.258. The molecule has 3 rings (SSSR count). The van der Waals surface area contributed by atoms with Crippen molar-refractivity contribution >= 4 is 17.4 Å². The van der Waals surface area contributed by atoms with E-state index in [1.165, 1.54) is 12.0 Å². The number of carbonyl (C=O) groups is 2. The summed E-state index contributed by atoms with van der Waals surface area (Å²) in [7, 11) is 5.44. The second-order valence-electron chi connectivity index (χ2n) is 8.05. The predicted molar refractivity (Wildman–Crippen MR) is 127 cm³/mol. The van der Waals surface area contributed by atoms with Crippen LogP contribution in [0.25, 0.3) is 5.76 Å². The normalized spacial score (nSPS) is 17.5. The Hall–Kier alpha value is -3.58. The Labute approximate surface area is 194 Å². The molecule has 1 aliphatic rings. The number of amides is 1. The van der Waals surface area contributed by atoms with E-state index in [0.29, 0.717) is 36.6 Å². The minimum atomic E-state index is -0.702. The molecule has 7 nitrogen and oxygen atoms in total. The molecule has 0 radical (unpaired) electrons. The third-order valence-electron chi connectivity index (χ3n) is 5.45. The highest BCUT2D eigenvalue weighted by Gasteiger charge is 2.45. The molecule has 1 saturated heterocycles. The van der Waals surface area contributed by atoms with E-state index in [0.717, 1.165) is 12.1 Å². The van der Waals surface area contributed by atoms with Crippen LogP contribution in [-0.4, -0.2) is 67.5 Å². The van der Waals surface area contributed by atoms with E-state index >= 15 is 0 Å². The number of ketones is 1. The Morgan fingerprint density at radius 3 is 2.52 bits per heavy atom. The highest BCUT2D eigenvalue weighted by atomic mass is 16.5. The largest absolute Gasteiger partial charge is 0.507 e. The molecule has 1 amide bonds. The van der Waals surface area contributed by atoms with E-state index in [-0.39, 0.29) is 11.3 Å². The molecule has 0 spiro atoms. The number of rotatable bonds is 10. The van der Waals surface area contributed by atoms with Crippen LogP contribution in [0.5, 0.6) is 11.5 Å². The summed E-state index contributed by atoms with van der Waals surface area (Å²) in [6, 6.07) is 13.3. The van der Waals surface area contributed by atoms with Gasteiger partial charge in [-0.3, -0.25) is 9.59 Å². The Morgan fingerprint density at radius 2 is 1.88 bits per heavy atom. The molecule has 1 aliphatic heterocycles. The SMILES string of the molecule is C=CCOc1ccc(C2/C(=C(\O)c3cccc(OC)c3)C(=O)C(=O)N2CCCN(C)C)cc1. The van der Waals surface area contributed by atoms with Crippen LogP contribution in [0.3, 0.4) is 0 Å². The number of aliphatic hydroxyl groups is 1. The van der Waals surface area contributed by atoms with Gasteiger partial charge in [0.2, 0.25) is 0 Å². The lowest BCUT2D eigenvalue weighted by molar-refractivity contribution is -0.139. The number of aliphatic hydroxyl groups excluding tert-OH is 1. The van der Waals surface area contributed by atoms with Gasteiger partial charge in [-0.25, -0.2) is 0 Å². The number of benzene rings is 2. The number of hydrogen-bond donors (Lipinski definition) is 1. The molecule has 174 valence electrons. The van der Waals surface area contributed by atoms with Crippen LogP contribution in [0.1, 0.15) is 23.6 Å². The summed E-state index contributed by atoms with van der Waals surface area (Å²) >= 11 is 0. The van der Waals surface area contributed by atoms with Gasteiger partial charge in [0.05, 0.1) is 18.7 Å². The standard InChI is InChI=1S/C26H30N2O5/c1-5-16-33-20-12-10-18(11-13-20)23-22(24(29)19-8-6-9-21(17-19)32-4)25(30)26(31)28(23)15-7-14-27(2)3/h5-6,8-13,17,23,29H,1,7,14-16H2,2-4H3/b24-22+. The average Bonchev–Trinajstić information content (AvgIpc) is 3.07. The fraction of sp³-hybridized carbons (Fsp3) is 0.308. The van der Waals surface area contributed by atoms with E-state index in [1.807, 2.05) is 31.1 Å². The highest BCUT2D eigenvalue weighted by Crippen LogP contribution is 2.40. The maximum absolute atomic E-state index is 13.1.